The van der Waals surface area contributed by atoms with Gasteiger partial charge < -0.3 is 14.8 Å². The summed E-state index contributed by atoms with van der Waals surface area (Å²) in [5, 5.41) is 4.17. The van der Waals surface area contributed by atoms with Gasteiger partial charge in [0.1, 0.15) is 0 Å². The van der Waals surface area contributed by atoms with Crippen molar-refractivity contribution in [2.45, 2.75) is 45.3 Å². The van der Waals surface area contributed by atoms with Crippen LogP contribution in [0, 0.1) is 0 Å². The van der Waals surface area contributed by atoms with E-state index in [0.29, 0.717) is 6.61 Å². The molecule has 4 heteroatoms. The van der Waals surface area contributed by atoms with Crippen LogP contribution in [0.3, 0.4) is 0 Å². The Morgan fingerprint density at radius 2 is 1.90 bits per heavy atom. The molecule has 1 rings (SSSR count). The Labute approximate surface area is 134 Å². The molecule has 0 aromatic heterocycles. The van der Waals surface area contributed by atoms with E-state index in [0.717, 1.165) is 36.5 Å². The number of ether oxygens (including phenoxy) is 2. The van der Waals surface area contributed by atoms with Gasteiger partial charge in [0.2, 0.25) is 0 Å². The molecule has 3 nitrogen and oxygen atoms in total. The monoisotopic (exact) mass is 313 g/mol. The van der Waals surface area contributed by atoms with E-state index in [4.69, 9.17) is 21.1 Å². The number of halogens is 1. The number of methoxy groups -OCH3 is 1. The molecular formula is C17H28ClNO2. The molecular weight excluding hydrogens is 286 g/mol. The van der Waals surface area contributed by atoms with Crippen LogP contribution in [-0.4, -0.2) is 32.4 Å². The van der Waals surface area contributed by atoms with Crippen LogP contribution < -0.4 is 5.32 Å². The van der Waals surface area contributed by atoms with Crippen molar-refractivity contribution in [1.29, 1.82) is 0 Å². The van der Waals surface area contributed by atoms with Crippen LogP contribution in [0.1, 0.15) is 45.3 Å². The van der Waals surface area contributed by atoms with Crippen molar-refractivity contribution in [3.8, 4) is 0 Å². The topological polar surface area (TPSA) is 30.5 Å². The molecule has 0 radical (unpaired) electrons. The molecule has 1 aromatic carbocycles. The molecule has 0 bridgehead atoms. The lowest BCUT2D eigenvalue weighted by Gasteiger charge is -2.25. The van der Waals surface area contributed by atoms with Crippen LogP contribution in [0.25, 0.3) is 0 Å². The summed E-state index contributed by atoms with van der Waals surface area (Å²) in [6.45, 7) is 8.78. The lowest BCUT2D eigenvalue weighted by molar-refractivity contribution is -0.0271. The minimum Gasteiger partial charge on any atom is -0.379 e. The second-order valence-corrected chi connectivity index (χ2v) is 6.27. The Morgan fingerprint density at radius 3 is 2.48 bits per heavy atom. The first-order valence-corrected chi connectivity index (χ1v) is 7.99. The van der Waals surface area contributed by atoms with Crippen LogP contribution >= 0.6 is 11.6 Å². The fourth-order valence-electron chi connectivity index (χ4n) is 1.91. The van der Waals surface area contributed by atoms with E-state index >= 15 is 0 Å². The Bertz CT molecular complexity index is 392. The van der Waals surface area contributed by atoms with Crippen molar-refractivity contribution in [3.05, 3.63) is 34.9 Å². The van der Waals surface area contributed by atoms with Gasteiger partial charge in [-0.05, 0) is 50.9 Å². The van der Waals surface area contributed by atoms with Gasteiger partial charge in [-0.2, -0.15) is 0 Å². The fourth-order valence-corrected chi connectivity index (χ4v) is 2.04. The Kier molecular flexibility index (Phi) is 8.27. The summed E-state index contributed by atoms with van der Waals surface area (Å²) in [6.07, 6.45) is 2.02. The van der Waals surface area contributed by atoms with E-state index in [1.54, 1.807) is 7.11 Å². The third-order valence-electron chi connectivity index (χ3n) is 3.57. The predicted octanol–water partition coefficient (Wildman–Crippen LogP) is 4.21. The third kappa shape index (κ3) is 7.28. The Morgan fingerprint density at radius 1 is 1.24 bits per heavy atom. The molecule has 0 saturated carbocycles. The molecule has 120 valence electrons. The summed E-state index contributed by atoms with van der Waals surface area (Å²) >= 11 is 5.95. The molecule has 1 atom stereocenters. The highest BCUT2D eigenvalue weighted by atomic mass is 35.5. The van der Waals surface area contributed by atoms with E-state index in [-0.39, 0.29) is 11.7 Å². The summed E-state index contributed by atoms with van der Waals surface area (Å²) in [4.78, 5) is 0. The van der Waals surface area contributed by atoms with E-state index in [9.17, 15) is 0 Å². The summed E-state index contributed by atoms with van der Waals surface area (Å²) in [6, 6.07) is 7.88. The number of hydrogen-bond acceptors (Lipinski definition) is 3. The molecule has 0 aliphatic heterocycles. The molecule has 0 amide bonds. The molecule has 1 unspecified atom stereocenters. The van der Waals surface area contributed by atoms with E-state index in [1.807, 2.05) is 24.3 Å². The summed E-state index contributed by atoms with van der Waals surface area (Å²) in [5.74, 6) is 0. The maximum Gasteiger partial charge on any atom is 0.0949 e. The van der Waals surface area contributed by atoms with Gasteiger partial charge in [-0.1, -0.05) is 30.7 Å². The van der Waals surface area contributed by atoms with Crippen LogP contribution in [0.4, 0.5) is 0 Å². The van der Waals surface area contributed by atoms with Gasteiger partial charge in [0.05, 0.1) is 18.3 Å². The highest BCUT2D eigenvalue weighted by molar-refractivity contribution is 6.30. The molecule has 0 aliphatic rings. The number of hydrogen-bond donors (Lipinski definition) is 1. The van der Waals surface area contributed by atoms with Crippen molar-refractivity contribution in [1.82, 2.24) is 5.32 Å². The van der Waals surface area contributed by atoms with Gasteiger partial charge in [-0.15, -0.1) is 0 Å². The largest absolute Gasteiger partial charge is 0.379 e. The summed E-state index contributed by atoms with van der Waals surface area (Å²) in [7, 11) is 1.74. The first-order valence-electron chi connectivity index (χ1n) is 7.61. The molecule has 0 fully saturated rings. The number of benzene rings is 1. The van der Waals surface area contributed by atoms with Crippen molar-refractivity contribution in [2.24, 2.45) is 0 Å². The normalized spacial score (nSPS) is 13.4. The van der Waals surface area contributed by atoms with Crippen LogP contribution in [0.15, 0.2) is 24.3 Å². The van der Waals surface area contributed by atoms with Crippen LogP contribution in [-0.2, 0) is 9.47 Å². The van der Waals surface area contributed by atoms with Crippen molar-refractivity contribution in [3.63, 3.8) is 0 Å². The lowest BCUT2D eigenvalue weighted by Crippen LogP contribution is -2.28. The first kappa shape index (κ1) is 18.4. The molecule has 0 aliphatic carbocycles. The highest BCUT2D eigenvalue weighted by Gasteiger charge is 2.18. The zero-order valence-electron chi connectivity index (χ0n) is 13.6. The van der Waals surface area contributed by atoms with Gasteiger partial charge in [0.15, 0.2) is 0 Å². The van der Waals surface area contributed by atoms with Crippen LogP contribution in [0.2, 0.25) is 5.02 Å². The lowest BCUT2D eigenvalue weighted by atomic mass is 10.1. The van der Waals surface area contributed by atoms with Crippen LogP contribution in [0.5, 0.6) is 0 Å². The van der Waals surface area contributed by atoms with E-state index < -0.39 is 0 Å². The Balaban J connectivity index is 2.58. The summed E-state index contributed by atoms with van der Waals surface area (Å²) in [5.41, 5.74) is 1.000. The average Bonchev–Trinajstić information content (AvgIpc) is 2.47. The van der Waals surface area contributed by atoms with Crippen molar-refractivity contribution >= 4 is 11.6 Å². The van der Waals surface area contributed by atoms with Gasteiger partial charge in [-0.3, -0.25) is 0 Å². The minimum atomic E-state index is -0.151. The fraction of sp³-hybridized carbons (Fsp3) is 0.647. The minimum absolute atomic E-state index is 0.0430. The molecule has 1 N–H and O–H groups in total. The highest BCUT2D eigenvalue weighted by Crippen LogP contribution is 2.21. The molecule has 0 spiro atoms. The second kappa shape index (κ2) is 9.42. The predicted molar refractivity (Wildman–Crippen MR) is 89.0 cm³/mol. The van der Waals surface area contributed by atoms with Gasteiger partial charge in [0.25, 0.3) is 0 Å². The van der Waals surface area contributed by atoms with Gasteiger partial charge in [-0.25, -0.2) is 0 Å². The van der Waals surface area contributed by atoms with Crippen molar-refractivity contribution in [2.75, 3.05) is 26.8 Å². The maximum absolute atomic E-state index is 6.07. The molecule has 0 heterocycles. The number of rotatable bonds is 10. The number of nitrogens with one attached hydrogen (secondary N) is 1. The summed E-state index contributed by atoms with van der Waals surface area (Å²) < 4.78 is 11.5. The average molecular weight is 314 g/mol. The third-order valence-corrected chi connectivity index (χ3v) is 3.83. The molecule has 21 heavy (non-hydrogen) atoms. The van der Waals surface area contributed by atoms with Gasteiger partial charge >= 0.3 is 0 Å². The maximum atomic E-state index is 6.07. The van der Waals surface area contributed by atoms with E-state index in [1.165, 1.54) is 0 Å². The molecule has 1 aromatic rings. The first-order chi connectivity index (χ1) is 9.98. The van der Waals surface area contributed by atoms with Crippen molar-refractivity contribution < 1.29 is 9.47 Å². The SMILES string of the molecule is CCCNCC(OCCC(C)(C)OC)c1ccc(Cl)cc1. The smallest absolute Gasteiger partial charge is 0.0949 e. The standard InChI is InChI=1S/C17H28ClNO2/c1-5-11-19-13-16(14-6-8-15(18)9-7-14)21-12-10-17(2,3)20-4/h6-9,16,19H,5,10-13H2,1-4H3. The quantitative estimate of drug-likeness (QED) is 0.656. The Hall–Kier alpha value is -0.610. The molecule has 0 saturated heterocycles. The second-order valence-electron chi connectivity index (χ2n) is 5.83. The zero-order chi connectivity index (χ0) is 15.7. The zero-order valence-corrected chi connectivity index (χ0v) is 14.4. The van der Waals surface area contributed by atoms with E-state index in [2.05, 4.69) is 26.1 Å². The van der Waals surface area contributed by atoms with Gasteiger partial charge in [0, 0.05) is 18.7 Å².